The first-order valence-electron chi connectivity index (χ1n) is 8.35. The maximum atomic E-state index is 12.9. The van der Waals surface area contributed by atoms with Crippen LogP contribution in [0.25, 0.3) is 0 Å². The molecule has 0 aliphatic carbocycles. The van der Waals surface area contributed by atoms with Crippen LogP contribution in [-0.4, -0.2) is 16.8 Å². The number of benzene rings is 2. The van der Waals surface area contributed by atoms with Crippen molar-refractivity contribution in [1.82, 2.24) is 10.3 Å². The van der Waals surface area contributed by atoms with E-state index in [0.29, 0.717) is 11.3 Å². The number of hydrogen-bond acceptors (Lipinski definition) is 4. The largest absolute Gasteiger partial charge is 0.347 e. The summed E-state index contributed by atoms with van der Waals surface area (Å²) in [4.78, 5) is 28.7. The molecule has 3 rings (SSSR count). The number of carbonyl (C=O) groups is 2. The van der Waals surface area contributed by atoms with Crippen LogP contribution in [0.4, 0.5) is 10.1 Å². The molecule has 1 aromatic heterocycles. The van der Waals surface area contributed by atoms with E-state index in [9.17, 15) is 14.0 Å². The zero-order valence-corrected chi connectivity index (χ0v) is 14.6. The van der Waals surface area contributed by atoms with E-state index in [1.54, 1.807) is 36.4 Å². The molecule has 2 aromatic carbocycles. The van der Waals surface area contributed by atoms with Gasteiger partial charge in [0.25, 0.3) is 11.8 Å². The molecule has 138 valence electrons. The number of nitrogens with zero attached hydrogens (tertiary/aromatic N) is 2. The predicted molar refractivity (Wildman–Crippen MR) is 101 cm³/mol. The van der Waals surface area contributed by atoms with Crippen molar-refractivity contribution in [3.05, 3.63) is 95.1 Å². The lowest BCUT2D eigenvalue weighted by molar-refractivity contribution is 0.0946. The molecule has 0 aliphatic rings. The van der Waals surface area contributed by atoms with Crippen LogP contribution in [0.15, 0.2) is 66.9 Å². The van der Waals surface area contributed by atoms with E-state index in [2.05, 4.69) is 15.6 Å². The van der Waals surface area contributed by atoms with Gasteiger partial charge in [-0.1, -0.05) is 12.1 Å². The highest BCUT2D eigenvalue weighted by Gasteiger charge is 2.12. The van der Waals surface area contributed by atoms with Crippen LogP contribution in [0.3, 0.4) is 0 Å². The van der Waals surface area contributed by atoms with E-state index < -0.39 is 11.8 Å². The van der Waals surface area contributed by atoms with Crippen LogP contribution in [0.1, 0.15) is 32.0 Å². The van der Waals surface area contributed by atoms with Gasteiger partial charge in [0.05, 0.1) is 11.6 Å². The third-order valence-corrected chi connectivity index (χ3v) is 3.89. The summed E-state index contributed by atoms with van der Waals surface area (Å²) in [7, 11) is 0. The Morgan fingerprint density at radius 1 is 1.00 bits per heavy atom. The van der Waals surface area contributed by atoms with Crippen LogP contribution in [-0.2, 0) is 6.54 Å². The molecule has 0 unspecified atom stereocenters. The number of hydrogen-bond donors (Lipinski definition) is 2. The van der Waals surface area contributed by atoms with E-state index in [1.807, 2.05) is 6.07 Å². The molecule has 0 saturated heterocycles. The molecular formula is C21H15FN4O2. The number of carbonyl (C=O) groups excluding carboxylic acids is 2. The van der Waals surface area contributed by atoms with E-state index in [4.69, 9.17) is 5.26 Å². The van der Waals surface area contributed by atoms with E-state index in [-0.39, 0.29) is 23.6 Å². The number of aromatic nitrogens is 1. The molecule has 6 nitrogen and oxygen atoms in total. The number of amides is 2. The lowest BCUT2D eigenvalue weighted by Crippen LogP contribution is -2.24. The second-order valence-corrected chi connectivity index (χ2v) is 5.88. The molecule has 3 aromatic rings. The first-order valence-corrected chi connectivity index (χ1v) is 8.35. The van der Waals surface area contributed by atoms with E-state index in [1.165, 1.54) is 30.5 Å². The SMILES string of the molecule is N#Cc1ccc(NC(=O)c2ccnc(C(=O)NCc3ccc(F)cc3)c2)cc1. The Kier molecular flexibility index (Phi) is 5.72. The summed E-state index contributed by atoms with van der Waals surface area (Å²) in [5.74, 6) is -1.20. The molecule has 0 radical (unpaired) electrons. The van der Waals surface area contributed by atoms with Crippen molar-refractivity contribution < 1.29 is 14.0 Å². The molecule has 0 saturated carbocycles. The average molecular weight is 374 g/mol. The molecular weight excluding hydrogens is 359 g/mol. The number of nitrogens with one attached hydrogen (secondary N) is 2. The summed E-state index contributed by atoms with van der Waals surface area (Å²) < 4.78 is 12.9. The molecule has 2 N–H and O–H groups in total. The summed E-state index contributed by atoms with van der Waals surface area (Å²) in [6.45, 7) is 0.211. The minimum Gasteiger partial charge on any atom is -0.347 e. The first-order chi connectivity index (χ1) is 13.5. The molecule has 28 heavy (non-hydrogen) atoms. The van der Waals surface area contributed by atoms with Gasteiger partial charge in [-0.25, -0.2) is 4.39 Å². The van der Waals surface area contributed by atoms with Crippen molar-refractivity contribution in [2.24, 2.45) is 0 Å². The quantitative estimate of drug-likeness (QED) is 0.716. The number of pyridine rings is 1. The maximum Gasteiger partial charge on any atom is 0.270 e. The molecule has 2 amide bonds. The molecule has 0 spiro atoms. The molecule has 0 aliphatic heterocycles. The number of nitriles is 1. The molecule has 0 atom stereocenters. The van der Waals surface area contributed by atoms with Gasteiger partial charge in [-0.3, -0.25) is 14.6 Å². The monoisotopic (exact) mass is 374 g/mol. The van der Waals surface area contributed by atoms with Gasteiger partial charge in [0.15, 0.2) is 0 Å². The van der Waals surface area contributed by atoms with Crippen molar-refractivity contribution in [2.75, 3.05) is 5.32 Å². The van der Waals surface area contributed by atoms with Gasteiger partial charge in [0.1, 0.15) is 11.5 Å². The Bertz CT molecular complexity index is 1040. The molecule has 0 bridgehead atoms. The Balaban J connectivity index is 1.65. The summed E-state index contributed by atoms with van der Waals surface area (Å²) in [6, 6.07) is 17.1. The van der Waals surface area contributed by atoms with Gasteiger partial charge >= 0.3 is 0 Å². The summed E-state index contributed by atoms with van der Waals surface area (Å²) in [5.41, 5.74) is 2.12. The topological polar surface area (TPSA) is 94.9 Å². The fraction of sp³-hybridized carbons (Fsp3) is 0.0476. The first kappa shape index (κ1) is 18.7. The van der Waals surface area contributed by atoms with Crippen LogP contribution in [0, 0.1) is 17.1 Å². The van der Waals surface area contributed by atoms with E-state index in [0.717, 1.165) is 5.56 Å². The third-order valence-electron chi connectivity index (χ3n) is 3.89. The maximum absolute atomic E-state index is 12.9. The molecule has 7 heteroatoms. The average Bonchev–Trinajstić information content (AvgIpc) is 2.73. The van der Waals surface area contributed by atoms with Gasteiger partial charge in [-0.15, -0.1) is 0 Å². The molecule has 0 fully saturated rings. The second-order valence-electron chi connectivity index (χ2n) is 5.88. The fourth-order valence-electron chi connectivity index (χ4n) is 2.40. The lowest BCUT2D eigenvalue weighted by atomic mass is 10.2. The Morgan fingerprint density at radius 2 is 1.71 bits per heavy atom. The van der Waals surface area contributed by atoms with Gasteiger partial charge in [-0.2, -0.15) is 5.26 Å². The van der Waals surface area contributed by atoms with E-state index >= 15 is 0 Å². The number of rotatable bonds is 5. The van der Waals surface area contributed by atoms with Crippen molar-refractivity contribution in [2.45, 2.75) is 6.54 Å². The normalized spacial score (nSPS) is 10.0. The minimum absolute atomic E-state index is 0.0922. The standard InChI is InChI=1S/C21H15FN4O2/c22-17-5-1-15(2-6-17)13-25-21(28)19-11-16(9-10-24-19)20(27)26-18-7-3-14(12-23)4-8-18/h1-11H,13H2,(H,25,28)(H,26,27). The van der Waals surface area contributed by atoms with Gasteiger partial charge in [0.2, 0.25) is 0 Å². The fourth-order valence-corrected chi connectivity index (χ4v) is 2.40. The van der Waals surface area contributed by atoms with Crippen LogP contribution in [0.5, 0.6) is 0 Å². The summed E-state index contributed by atoms with van der Waals surface area (Å²) in [5, 5.41) is 14.2. The highest BCUT2D eigenvalue weighted by Crippen LogP contribution is 2.11. The van der Waals surface area contributed by atoms with Crippen molar-refractivity contribution >= 4 is 17.5 Å². The van der Waals surface area contributed by atoms with Crippen molar-refractivity contribution in [3.8, 4) is 6.07 Å². The van der Waals surface area contributed by atoms with Crippen LogP contribution in [0.2, 0.25) is 0 Å². The van der Waals surface area contributed by atoms with Crippen LogP contribution >= 0.6 is 0 Å². The third kappa shape index (κ3) is 4.77. The van der Waals surface area contributed by atoms with Gasteiger partial charge in [-0.05, 0) is 54.1 Å². The summed E-state index contributed by atoms with van der Waals surface area (Å²) in [6.07, 6.45) is 1.38. The smallest absolute Gasteiger partial charge is 0.270 e. The Hall–Kier alpha value is -4.05. The highest BCUT2D eigenvalue weighted by molar-refractivity contribution is 6.05. The second kappa shape index (κ2) is 8.56. The molecule has 1 heterocycles. The van der Waals surface area contributed by atoms with Gasteiger partial charge in [0, 0.05) is 24.0 Å². The lowest BCUT2D eigenvalue weighted by Gasteiger charge is -2.08. The zero-order chi connectivity index (χ0) is 19.9. The van der Waals surface area contributed by atoms with Crippen LogP contribution < -0.4 is 10.6 Å². The van der Waals surface area contributed by atoms with Gasteiger partial charge < -0.3 is 10.6 Å². The number of anilines is 1. The Labute approximate surface area is 160 Å². The number of halogens is 1. The van der Waals surface area contributed by atoms with Crippen molar-refractivity contribution in [3.63, 3.8) is 0 Å². The predicted octanol–water partition coefficient (Wildman–Crippen LogP) is 3.27. The summed E-state index contributed by atoms with van der Waals surface area (Å²) >= 11 is 0. The van der Waals surface area contributed by atoms with Crippen molar-refractivity contribution in [1.29, 1.82) is 5.26 Å². The highest BCUT2D eigenvalue weighted by atomic mass is 19.1. The minimum atomic E-state index is -0.447. The zero-order valence-electron chi connectivity index (χ0n) is 14.6. The Morgan fingerprint density at radius 3 is 2.39 bits per heavy atom.